The summed E-state index contributed by atoms with van der Waals surface area (Å²) in [5, 5.41) is 3.16. The Morgan fingerprint density at radius 3 is 1.56 bits per heavy atom. The highest BCUT2D eigenvalue weighted by atomic mass is 32.2. The number of halogens is 9. The Balaban J connectivity index is 5.38. The van der Waals surface area contributed by atoms with Gasteiger partial charge in [-0.1, -0.05) is 6.92 Å². The summed E-state index contributed by atoms with van der Waals surface area (Å²) in [5.74, 6) is -14.8. The summed E-state index contributed by atoms with van der Waals surface area (Å²) in [4.78, 5) is 0. The van der Waals surface area contributed by atoms with Crippen molar-refractivity contribution < 1.29 is 85.3 Å². The van der Waals surface area contributed by atoms with Gasteiger partial charge in [-0.2, -0.15) is 43.8 Å². The molecule has 0 aromatic heterocycles. The molecule has 0 aromatic rings. The minimum atomic E-state index is -7.40. The highest BCUT2D eigenvalue weighted by molar-refractivity contribution is 7.90. The monoisotopic (exact) mass is 695 g/mol. The van der Waals surface area contributed by atoms with Crippen molar-refractivity contribution in [1.82, 2.24) is 4.31 Å². The summed E-state index contributed by atoms with van der Waals surface area (Å²) in [5.41, 5.74) is 0. The van der Waals surface area contributed by atoms with Crippen LogP contribution >= 0.6 is 0 Å². The molecule has 0 fully saturated rings. The molecule has 0 rings (SSSR count). The van der Waals surface area contributed by atoms with Gasteiger partial charge in [0.1, 0.15) is 0 Å². The molecule has 0 aliphatic carbocycles. The summed E-state index contributed by atoms with van der Waals surface area (Å²) in [7, 11) is -5.90. The fourth-order valence-corrected chi connectivity index (χ4v) is 7.09. The molecule has 0 heterocycles. The predicted octanol–water partition coefficient (Wildman–Crippen LogP) is 2.76. The van der Waals surface area contributed by atoms with Crippen molar-refractivity contribution in [3.8, 4) is 0 Å². The third-order valence-corrected chi connectivity index (χ3v) is 10.3. The molecule has 0 aromatic carbocycles. The topological polar surface area (TPSA) is 122 Å². The molecule has 0 amide bonds. The summed E-state index contributed by atoms with van der Waals surface area (Å²) >= 11 is 0. The number of rotatable bonds is 25. The molecule has 11 nitrogen and oxygen atoms in total. The Morgan fingerprint density at radius 2 is 1.19 bits per heavy atom. The number of hydrogen-bond acceptors (Lipinski definition) is 10. The third kappa shape index (κ3) is 11.5. The molecule has 0 aliphatic rings. The molecule has 0 aliphatic heterocycles. The standard InChI is InChI=1S/C21H38F9NO10SSi/c1-5-31(42(33,34)21(29,30)19(24,25)18(22,23)20(26,27)28)15-17(32)16-38-7-6-14-43(39-11-8-35-2,40-12-9-36-3)41-13-10-37-4/h17,32H,5-16H2,1-4H3. The molecule has 1 atom stereocenters. The van der Waals surface area contributed by atoms with E-state index >= 15 is 0 Å². The van der Waals surface area contributed by atoms with Crippen LogP contribution in [0.25, 0.3) is 0 Å². The average molecular weight is 696 g/mol. The van der Waals surface area contributed by atoms with Gasteiger partial charge < -0.3 is 37.3 Å². The maximum Gasteiger partial charge on any atom is 0.501 e. The molecule has 22 heteroatoms. The van der Waals surface area contributed by atoms with E-state index in [4.69, 9.17) is 32.2 Å². The van der Waals surface area contributed by atoms with Gasteiger partial charge in [0.2, 0.25) is 0 Å². The molecular weight excluding hydrogens is 657 g/mol. The van der Waals surface area contributed by atoms with Gasteiger partial charge >= 0.3 is 32.1 Å². The highest BCUT2D eigenvalue weighted by Crippen LogP contribution is 2.55. The first kappa shape index (κ1) is 42.2. The van der Waals surface area contributed by atoms with Crippen LogP contribution in [0.4, 0.5) is 39.5 Å². The van der Waals surface area contributed by atoms with Crippen molar-refractivity contribution in [3.05, 3.63) is 0 Å². The van der Waals surface area contributed by atoms with E-state index in [0.29, 0.717) is 0 Å². The number of aliphatic hydroxyl groups is 1. The predicted molar refractivity (Wildman–Crippen MR) is 133 cm³/mol. The zero-order valence-electron chi connectivity index (χ0n) is 23.9. The molecule has 0 bridgehead atoms. The van der Waals surface area contributed by atoms with Gasteiger partial charge in [0.05, 0.1) is 52.4 Å². The third-order valence-electron chi connectivity index (χ3n) is 5.46. The van der Waals surface area contributed by atoms with E-state index in [1.807, 2.05) is 0 Å². The largest absolute Gasteiger partial charge is 0.501 e. The quantitative estimate of drug-likeness (QED) is 0.0868. The maximum atomic E-state index is 14.2. The smallest absolute Gasteiger partial charge is 0.389 e. The number of methoxy groups -OCH3 is 3. The Labute approximate surface area is 244 Å². The number of alkyl halides is 9. The van der Waals surface area contributed by atoms with Crippen LogP contribution in [0.3, 0.4) is 0 Å². The molecular formula is C21H38F9NO10SSi. The van der Waals surface area contributed by atoms with Crippen LogP contribution in [-0.4, -0.2) is 143 Å². The van der Waals surface area contributed by atoms with E-state index in [-0.39, 0.29) is 58.7 Å². The van der Waals surface area contributed by atoms with Crippen LogP contribution in [0.15, 0.2) is 0 Å². The van der Waals surface area contributed by atoms with E-state index in [2.05, 4.69) is 0 Å². The first-order chi connectivity index (χ1) is 19.7. The van der Waals surface area contributed by atoms with Crippen LogP contribution < -0.4 is 0 Å². The van der Waals surface area contributed by atoms with Crippen molar-refractivity contribution in [2.45, 2.75) is 48.8 Å². The average Bonchev–Trinajstić information content (AvgIpc) is 2.90. The maximum absolute atomic E-state index is 14.2. The Hall–Kier alpha value is -0.823. The lowest BCUT2D eigenvalue weighted by atomic mass is 10.1. The van der Waals surface area contributed by atoms with Gasteiger partial charge in [0.25, 0.3) is 10.0 Å². The minimum absolute atomic E-state index is 0.0994. The summed E-state index contributed by atoms with van der Waals surface area (Å²) in [6, 6.07) is 0.143. The number of nitrogens with zero attached hydrogens (tertiary/aromatic N) is 1. The molecule has 1 N–H and O–H groups in total. The van der Waals surface area contributed by atoms with Crippen molar-refractivity contribution in [1.29, 1.82) is 0 Å². The van der Waals surface area contributed by atoms with Crippen LogP contribution in [0.1, 0.15) is 13.3 Å². The van der Waals surface area contributed by atoms with Crippen LogP contribution in [0.2, 0.25) is 6.04 Å². The highest BCUT2D eigenvalue weighted by Gasteiger charge is 2.85. The normalized spacial score (nSPS) is 15.0. The molecule has 0 saturated carbocycles. The van der Waals surface area contributed by atoms with Gasteiger partial charge in [0, 0.05) is 47.1 Å². The van der Waals surface area contributed by atoms with Crippen molar-refractivity contribution in [2.75, 3.05) is 87.3 Å². The second-order valence-corrected chi connectivity index (χ2v) is 13.4. The van der Waals surface area contributed by atoms with E-state index in [0.717, 1.165) is 6.92 Å². The number of sulfonamides is 1. The molecule has 1 unspecified atom stereocenters. The summed E-state index contributed by atoms with van der Waals surface area (Å²) in [6.07, 6.45) is -9.02. The van der Waals surface area contributed by atoms with E-state index < -0.39 is 72.2 Å². The zero-order chi connectivity index (χ0) is 33.6. The van der Waals surface area contributed by atoms with Crippen LogP contribution in [0.5, 0.6) is 0 Å². The Kier molecular flexibility index (Phi) is 18.0. The lowest BCUT2D eigenvalue weighted by Gasteiger charge is -2.35. The van der Waals surface area contributed by atoms with E-state index in [1.165, 1.54) is 21.3 Å². The lowest BCUT2D eigenvalue weighted by Crippen LogP contribution is -2.65. The van der Waals surface area contributed by atoms with Crippen molar-refractivity contribution in [3.63, 3.8) is 0 Å². The molecule has 260 valence electrons. The van der Waals surface area contributed by atoms with Crippen LogP contribution in [-0.2, 0) is 42.2 Å². The van der Waals surface area contributed by atoms with E-state index in [9.17, 15) is 53.0 Å². The number of hydrogen-bond donors (Lipinski definition) is 1. The lowest BCUT2D eigenvalue weighted by molar-refractivity contribution is -0.382. The molecule has 0 saturated heterocycles. The summed E-state index contributed by atoms with van der Waals surface area (Å²) < 4.78 is 181. The first-order valence-corrected chi connectivity index (χ1v) is 16.0. The number of likely N-dealkylation sites (N-methyl/N-ethyl adjacent to an activating group) is 1. The van der Waals surface area contributed by atoms with Gasteiger partial charge in [-0.25, -0.2) is 8.42 Å². The van der Waals surface area contributed by atoms with Gasteiger partial charge in [-0.15, -0.1) is 0 Å². The SMILES string of the molecule is CCN(CC(O)COCCC[Si](OCCOC)(OCCOC)OCCOC)S(=O)(=O)C(F)(F)C(F)(F)C(F)(F)C(F)(F)F. The van der Waals surface area contributed by atoms with Gasteiger partial charge in [-0.05, 0) is 6.42 Å². The van der Waals surface area contributed by atoms with Crippen molar-refractivity contribution in [2.24, 2.45) is 0 Å². The Bertz CT molecular complexity index is 861. The fraction of sp³-hybridized carbons (Fsp3) is 1.00. The van der Waals surface area contributed by atoms with Crippen molar-refractivity contribution >= 4 is 18.8 Å². The minimum Gasteiger partial charge on any atom is -0.389 e. The molecule has 0 spiro atoms. The number of ether oxygens (including phenoxy) is 4. The van der Waals surface area contributed by atoms with Gasteiger partial charge in [0.15, 0.2) is 0 Å². The molecule has 43 heavy (non-hydrogen) atoms. The number of aliphatic hydroxyl groups excluding tert-OH is 1. The first-order valence-electron chi connectivity index (χ1n) is 12.6. The van der Waals surface area contributed by atoms with Crippen LogP contribution in [0, 0.1) is 0 Å². The molecule has 0 radical (unpaired) electrons. The summed E-state index contributed by atoms with van der Waals surface area (Å²) in [6.45, 7) is -1.70. The van der Waals surface area contributed by atoms with Gasteiger partial charge in [-0.3, -0.25) is 0 Å². The second-order valence-electron chi connectivity index (χ2n) is 8.66. The zero-order valence-corrected chi connectivity index (χ0v) is 25.8. The Morgan fingerprint density at radius 1 is 0.744 bits per heavy atom. The van der Waals surface area contributed by atoms with E-state index in [1.54, 1.807) is 0 Å². The second kappa shape index (κ2) is 18.4. The fourth-order valence-electron chi connectivity index (χ4n) is 3.16.